The fraction of sp³-hybridized carbons (Fsp3) is 0.409. The number of benzene rings is 2. The molecule has 1 heterocycles. The van der Waals surface area contributed by atoms with Gasteiger partial charge in [-0.15, -0.1) is 0 Å². The number of likely N-dealkylation sites (tertiary alicyclic amines) is 1. The molecule has 0 aromatic heterocycles. The molecule has 2 aromatic rings. The van der Waals surface area contributed by atoms with Crippen LogP contribution in [0.4, 0.5) is 0 Å². The normalized spacial score (nSPS) is 15.8. The number of hydrogen-bond donors (Lipinski definition) is 1. The molecule has 1 N–H and O–H groups in total. The summed E-state index contributed by atoms with van der Waals surface area (Å²) in [5.74, 6) is 0.873. The van der Waals surface area contributed by atoms with Crippen molar-refractivity contribution in [2.24, 2.45) is 5.92 Å². The summed E-state index contributed by atoms with van der Waals surface area (Å²) in [6, 6.07) is 18.7. The molecular weight excluding hydrogens is 306 g/mol. The molecule has 1 fully saturated rings. The van der Waals surface area contributed by atoms with E-state index in [1.54, 1.807) is 0 Å². The second kappa shape index (κ2) is 8.80. The van der Waals surface area contributed by atoms with Gasteiger partial charge in [-0.25, -0.2) is 0 Å². The molecule has 0 unspecified atom stereocenters. The molecule has 1 aliphatic rings. The minimum atomic E-state index is 0.721. The highest BCUT2D eigenvalue weighted by molar-refractivity contribution is 5.33. The van der Waals surface area contributed by atoms with Crippen LogP contribution in [0.3, 0.4) is 0 Å². The molecule has 0 bridgehead atoms. The summed E-state index contributed by atoms with van der Waals surface area (Å²) in [5, 5.41) is 12.5. The predicted molar refractivity (Wildman–Crippen MR) is 102 cm³/mol. The van der Waals surface area contributed by atoms with E-state index < -0.39 is 0 Å². The highest BCUT2D eigenvalue weighted by atomic mass is 15.1. The van der Waals surface area contributed by atoms with Gasteiger partial charge in [0.05, 0.1) is 11.6 Å². The number of rotatable bonds is 6. The van der Waals surface area contributed by atoms with Gasteiger partial charge in [-0.3, -0.25) is 4.90 Å². The Morgan fingerprint density at radius 3 is 2.56 bits per heavy atom. The van der Waals surface area contributed by atoms with Crippen LogP contribution in [0.1, 0.15) is 42.0 Å². The Morgan fingerprint density at radius 2 is 1.80 bits per heavy atom. The fourth-order valence-corrected chi connectivity index (χ4v) is 3.44. The van der Waals surface area contributed by atoms with Gasteiger partial charge in [0.2, 0.25) is 0 Å². The highest BCUT2D eigenvalue weighted by Gasteiger charge is 2.16. The van der Waals surface area contributed by atoms with Crippen molar-refractivity contribution in [1.82, 2.24) is 10.2 Å². The lowest BCUT2D eigenvalue weighted by Gasteiger charge is -2.30. The largest absolute Gasteiger partial charge is 0.309 e. The Labute approximate surface area is 151 Å². The van der Waals surface area contributed by atoms with E-state index in [1.165, 1.54) is 37.1 Å². The fourth-order valence-electron chi connectivity index (χ4n) is 3.44. The summed E-state index contributed by atoms with van der Waals surface area (Å²) in [5.41, 5.74) is 4.67. The predicted octanol–water partition coefficient (Wildman–Crippen LogP) is 4.08. The van der Waals surface area contributed by atoms with Gasteiger partial charge in [0.25, 0.3) is 0 Å². The van der Waals surface area contributed by atoms with Gasteiger partial charge in [-0.05, 0) is 60.7 Å². The van der Waals surface area contributed by atoms with Crippen molar-refractivity contribution in [3.8, 4) is 6.07 Å². The topological polar surface area (TPSA) is 39.1 Å². The van der Waals surface area contributed by atoms with Gasteiger partial charge < -0.3 is 5.32 Å². The molecule has 130 valence electrons. The maximum Gasteiger partial charge on any atom is 0.0991 e. The minimum absolute atomic E-state index is 0.721. The highest BCUT2D eigenvalue weighted by Crippen LogP contribution is 2.19. The Kier molecular flexibility index (Phi) is 6.22. The quantitative estimate of drug-likeness (QED) is 0.866. The van der Waals surface area contributed by atoms with Gasteiger partial charge in [-0.1, -0.05) is 43.3 Å². The lowest BCUT2D eigenvalue weighted by molar-refractivity contribution is 0.185. The molecule has 0 amide bonds. The standard InChI is InChI=1S/C22H27N3/c1-18-9-11-25(12-10-18)17-22-8-3-2-7-21(22)16-24-15-20-6-4-5-19(13-20)14-23/h2-8,13,18,24H,9-12,15-17H2,1H3. The molecular formula is C22H27N3. The number of nitrogens with one attached hydrogen (secondary N) is 1. The van der Waals surface area contributed by atoms with E-state index in [9.17, 15) is 0 Å². The first-order chi connectivity index (χ1) is 12.2. The van der Waals surface area contributed by atoms with Crippen molar-refractivity contribution >= 4 is 0 Å². The second-order valence-electron chi connectivity index (χ2n) is 7.14. The van der Waals surface area contributed by atoms with E-state index in [0.717, 1.165) is 36.7 Å². The summed E-state index contributed by atoms with van der Waals surface area (Å²) < 4.78 is 0. The zero-order chi connectivity index (χ0) is 17.5. The summed E-state index contributed by atoms with van der Waals surface area (Å²) in [4.78, 5) is 2.58. The van der Waals surface area contributed by atoms with Crippen molar-refractivity contribution in [1.29, 1.82) is 5.26 Å². The molecule has 2 aromatic carbocycles. The molecule has 0 spiro atoms. The van der Waals surface area contributed by atoms with Crippen LogP contribution in [0.2, 0.25) is 0 Å². The molecule has 0 saturated carbocycles. The smallest absolute Gasteiger partial charge is 0.0991 e. The van der Waals surface area contributed by atoms with Crippen LogP contribution in [0.15, 0.2) is 48.5 Å². The van der Waals surface area contributed by atoms with Crippen LogP contribution in [0.5, 0.6) is 0 Å². The molecule has 1 aliphatic heterocycles. The van der Waals surface area contributed by atoms with Crippen LogP contribution in [0, 0.1) is 17.2 Å². The van der Waals surface area contributed by atoms with Gasteiger partial charge in [0.15, 0.2) is 0 Å². The first-order valence-corrected chi connectivity index (χ1v) is 9.23. The number of nitriles is 1. The first-order valence-electron chi connectivity index (χ1n) is 9.23. The average Bonchev–Trinajstić information content (AvgIpc) is 2.65. The van der Waals surface area contributed by atoms with E-state index >= 15 is 0 Å². The van der Waals surface area contributed by atoms with Crippen LogP contribution in [-0.4, -0.2) is 18.0 Å². The van der Waals surface area contributed by atoms with Gasteiger partial charge >= 0.3 is 0 Å². The zero-order valence-electron chi connectivity index (χ0n) is 15.0. The second-order valence-corrected chi connectivity index (χ2v) is 7.14. The Hall–Kier alpha value is -2.15. The van der Waals surface area contributed by atoms with Crippen molar-refractivity contribution in [2.45, 2.75) is 39.4 Å². The van der Waals surface area contributed by atoms with E-state index in [-0.39, 0.29) is 0 Å². The third kappa shape index (κ3) is 5.16. The third-order valence-electron chi connectivity index (χ3n) is 5.09. The molecule has 3 rings (SSSR count). The SMILES string of the molecule is CC1CCN(Cc2ccccc2CNCc2cccc(C#N)c2)CC1. The molecule has 0 aliphatic carbocycles. The molecule has 3 heteroatoms. The zero-order valence-corrected chi connectivity index (χ0v) is 15.0. The molecule has 0 atom stereocenters. The van der Waals surface area contributed by atoms with Crippen molar-refractivity contribution in [2.75, 3.05) is 13.1 Å². The summed E-state index contributed by atoms with van der Waals surface area (Å²) in [6.45, 7) is 7.47. The first kappa shape index (κ1) is 17.7. The van der Waals surface area contributed by atoms with Gasteiger partial charge in [0, 0.05) is 19.6 Å². The Morgan fingerprint density at radius 1 is 1.04 bits per heavy atom. The van der Waals surface area contributed by atoms with Gasteiger partial charge in [0.1, 0.15) is 0 Å². The van der Waals surface area contributed by atoms with E-state index in [2.05, 4.69) is 53.5 Å². The molecule has 0 radical (unpaired) electrons. The van der Waals surface area contributed by atoms with Crippen molar-refractivity contribution < 1.29 is 0 Å². The number of piperidine rings is 1. The summed E-state index contributed by atoms with van der Waals surface area (Å²) >= 11 is 0. The van der Waals surface area contributed by atoms with Crippen LogP contribution in [0.25, 0.3) is 0 Å². The Balaban J connectivity index is 1.56. The Bertz CT molecular complexity index is 724. The van der Waals surface area contributed by atoms with E-state index in [4.69, 9.17) is 5.26 Å². The van der Waals surface area contributed by atoms with Crippen LogP contribution < -0.4 is 5.32 Å². The van der Waals surface area contributed by atoms with E-state index in [1.807, 2.05) is 18.2 Å². The maximum absolute atomic E-state index is 9.00. The maximum atomic E-state index is 9.00. The molecule has 3 nitrogen and oxygen atoms in total. The lowest BCUT2D eigenvalue weighted by Crippen LogP contribution is -2.32. The van der Waals surface area contributed by atoms with Gasteiger partial charge in [-0.2, -0.15) is 5.26 Å². The lowest BCUT2D eigenvalue weighted by atomic mass is 9.98. The summed E-state index contributed by atoms with van der Waals surface area (Å²) in [7, 11) is 0. The van der Waals surface area contributed by atoms with E-state index in [0.29, 0.717) is 0 Å². The third-order valence-corrected chi connectivity index (χ3v) is 5.09. The summed E-state index contributed by atoms with van der Waals surface area (Å²) in [6.07, 6.45) is 2.63. The van der Waals surface area contributed by atoms with Crippen molar-refractivity contribution in [3.63, 3.8) is 0 Å². The van der Waals surface area contributed by atoms with Crippen LogP contribution >= 0.6 is 0 Å². The average molecular weight is 333 g/mol. The minimum Gasteiger partial charge on any atom is -0.309 e. The number of hydrogen-bond acceptors (Lipinski definition) is 3. The molecule has 25 heavy (non-hydrogen) atoms. The number of nitrogens with zero attached hydrogens (tertiary/aromatic N) is 2. The van der Waals surface area contributed by atoms with Crippen LogP contribution in [-0.2, 0) is 19.6 Å². The molecule has 1 saturated heterocycles. The van der Waals surface area contributed by atoms with Crippen molar-refractivity contribution in [3.05, 3.63) is 70.8 Å². The monoisotopic (exact) mass is 333 g/mol.